The van der Waals surface area contributed by atoms with Gasteiger partial charge in [-0.25, -0.2) is 0 Å². The van der Waals surface area contributed by atoms with Gasteiger partial charge in [0.25, 0.3) is 0 Å². The average molecular weight is 673 g/mol. The van der Waals surface area contributed by atoms with Crippen LogP contribution in [0, 0.1) is 0 Å². The van der Waals surface area contributed by atoms with E-state index in [0.29, 0.717) is 0 Å². The molecular weight excluding hydrogens is 617 g/mol. The van der Waals surface area contributed by atoms with E-state index in [1.807, 2.05) is 75.5 Å². The molecule has 0 unspecified atom stereocenters. The van der Waals surface area contributed by atoms with Crippen molar-refractivity contribution in [2.45, 2.75) is 60.3 Å². The van der Waals surface area contributed by atoms with Crippen LogP contribution in [0.5, 0.6) is 0 Å². The maximum Gasteiger partial charge on any atom is 0.0382 e. The van der Waals surface area contributed by atoms with Gasteiger partial charge in [0.1, 0.15) is 0 Å². The van der Waals surface area contributed by atoms with E-state index in [0.717, 1.165) is 34.5 Å². The van der Waals surface area contributed by atoms with E-state index in [-0.39, 0.29) is 5.41 Å². The number of nitrogens with two attached hydrogens (primary N) is 1. The number of nitrogen functional groups attached to an aromatic ring is 1. The molecule has 0 aromatic heterocycles. The molecular formula is C49H56N2. The van der Waals surface area contributed by atoms with Crippen LogP contribution in [0.3, 0.4) is 0 Å². The average Bonchev–Trinajstić information content (AvgIpc) is 3.34. The summed E-state index contributed by atoms with van der Waals surface area (Å²) in [5.41, 5.74) is 19.3. The Balaban J connectivity index is 0.000000686. The van der Waals surface area contributed by atoms with E-state index in [1.54, 1.807) is 0 Å². The van der Waals surface area contributed by atoms with Gasteiger partial charge in [-0.05, 0) is 113 Å². The second-order valence-corrected chi connectivity index (χ2v) is 12.7. The number of fused-ring (bicyclic) bond motifs is 1. The lowest BCUT2D eigenvalue weighted by atomic mass is 9.82. The van der Waals surface area contributed by atoms with E-state index in [1.165, 1.54) is 39.0 Å². The third-order valence-corrected chi connectivity index (χ3v) is 8.76. The van der Waals surface area contributed by atoms with Crippen LogP contribution in [0.15, 0.2) is 188 Å². The fraction of sp³-hybridized carbons (Fsp3) is 0.184. The van der Waals surface area contributed by atoms with E-state index < -0.39 is 0 Å². The number of nitrogens with one attached hydrogen (secondary N) is 1. The Morgan fingerprint density at radius 2 is 1.49 bits per heavy atom. The summed E-state index contributed by atoms with van der Waals surface area (Å²) in [6.45, 7) is 23.4. The summed E-state index contributed by atoms with van der Waals surface area (Å²) in [6.07, 6.45) is 19.7. The van der Waals surface area contributed by atoms with Gasteiger partial charge in [-0.1, -0.05) is 162 Å². The van der Waals surface area contributed by atoms with Crippen LogP contribution >= 0.6 is 0 Å². The molecule has 0 atom stereocenters. The largest absolute Gasteiger partial charge is 0.399 e. The summed E-state index contributed by atoms with van der Waals surface area (Å²) in [7, 11) is 0. The molecule has 0 heterocycles. The molecule has 4 aromatic carbocycles. The van der Waals surface area contributed by atoms with Crippen molar-refractivity contribution in [3.63, 3.8) is 0 Å². The molecule has 1 aliphatic carbocycles. The van der Waals surface area contributed by atoms with Crippen molar-refractivity contribution in [3.05, 3.63) is 216 Å². The fourth-order valence-corrected chi connectivity index (χ4v) is 5.90. The summed E-state index contributed by atoms with van der Waals surface area (Å²) in [5, 5.41) is 3.39. The van der Waals surface area contributed by atoms with Crippen LogP contribution in [-0.4, -0.2) is 0 Å². The van der Waals surface area contributed by atoms with Crippen molar-refractivity contribution < 1.29 is 0 Å². The molecule has 3 N–H and O–H groups in total. The zero-order valence-electron chi connectivity index (χ0n) is 31.7. The highest BCUT2D eigenvalue weighted by molar-refractivity contribution is 5.88. The number of hydrogen-bond donors (Lipinski definition) is 2. The smallest absolute Gasteiger partial charge is 0.0382 e. The second kappa shape index (κ2) is 20.2. The molecule has 4 aromatic rings. The van der Waals surface area contributed by atoms with E-state index in [9.17, 15) is 0 Å². The molecule has 0 saturated carbocycles. The van der Waals surface area contributed by atoms with Crippen molar-refractivity contribution in [2.24, 2.45) is 0 Å². The Morgan fingerprint density at radius 3 is 2.12 bits per heavy atom. The number of anilines is 2. The topological polar surface area (TPSA) is 38.0 Å². The molecule has 2 heteroatoms. The summed E-state index contributed by atoms with van der Waals surface area (Å²) in [4.78, 5) is 0. The van der Waals surface area contributed by atoms with Crippen molar-refractivity contribution in [1.29, 1.82) is 0 Å². The number of para-hydroxylation sites is 1. The van der Waals surface area contributed by atoms with E-state index >= 15 is 0 Å². The number of hydrogen-bond acceptors (Lipinski definition) is 2. The Kier molecular flexibility index (Phi) is 15.8. The third-order valence-electron chi connectivity index (χ3n) is 8.76. The quantitative estimate of drug-likeness (QED) is 0.130. The maximum atomic E-state index is 5.36. The van der Waals surface area contributed by atoms with Crippen molar-refractivity contribution in [3.8, 4) is 0 Å². The van der Waals surface area contributed by atoms with Crippen LogP contribution in [0.1, 0.15) is 76.3 Å². The predicted octanol–water partition coefficient (Wildman–Crippen LogP) is 13.5. The first kappa shape index (κ1) is 39.8. The Hall–Kier alpha value is -5.60. The van der Waals surface area contributed by atoms with Gasteiger partial charge in [0.2, 0.25) is 0 Å². The number of rotatable bonds is 10. The molecule has 0 spiro atoms. The molecule has 0 aliphatic heterocycles. The van der Waals surface area contributed by atoms with Gasteiger partial charge in [-0.15, -0.1) is 0 Å². The Bertz CT molecular complexity index is 1920. The van der Waals surface area contributed by atoms with Gasteiger partial charge in [0, 0.05) is 23.0 Å². The highest BCUT2D eigenvalue weighted by atomic mass is 14.8. The summed E-state index contributed by atoms with van der Waals surface area (Å²) in [6, 6.07) is 35.5. The van der Waals surface area contributed by atoms with Crippen LogP contribution in [0.2, 0.25) is 0 Å². The first-order valence-electron chi connectivity index (χ1n) is 17.9. The van der Waals surface area contributed by atoms with Gasteiger partial charge in [0.05, 0.1) is 0 Å². The SMILES string of the molecule is C=C(/C=C\C=C/Nc1cccc(Cc2ccc(C(/C=C\C)=C/C)cc2)c1)/C(C)=C/C=C1\C(=C)c2ccccc2C1(C)C.CC.Nc1ccccc1. The van der Waals surface area contributed by atoms with Gasteiger partial charge in [0.15, 0.2) is 0 Å². The minimum absolute atomic E-state index is 0.0552. The third kappa shape index (κ3) is 11.5. The second-order valence-electron chi connectivity index (χ2n) is 12.7. The van der Waals surface area contributed by atoms with Crippen molar-refractivity contribution in [1.82, 2.24) is 0 Å². The highest BCUT2D eigenvalue weighted by Gasteiger charge is 2.36. The Labute approximate surface area is 308 Å². The minimum atomic E-state index is -0.0552. The number of allylic oxidation sites excluding steroid dienone is 13. The van der Waals surface area contributed by atoms with Gasteiger partial charge in [-0.2, -0.15) is 0 Å². The first-order valence-corrected chi connectivity index (χ1v) is 17.9. The standard InChI is InChI=1S/C41H43N.C6H7N.C2H6/c1-8-15-35(9-2)36-24-22-33(23-25-36)28-34-17-14-18-37(29-34)42-27-13-12-16-30(3)31(4)21-26-39-32(5)38-19-10-11-20-40(38)41(39,6)7;7-6-4-2-1-3-5-6;1-2/h8-27,29,42H,3,5,28H2,1-2,4,6-7H3;1-5H,7H2;1-2H3/b15-8-,16-12-,27-13-,31-21+,35-9+,39-26+;;. The van der Waals surface area contributed by atoms with E-state index in [4.69, 9.17) is 5.73 Å². The van der Waals surface area contributed by atoms with E-state index in [2.05, 4.69) is 149 Å². The molecule has 51 heavy (non-hydrogen) atoms. The predicted molar refractivity (Wildman–Crippen MR) is 228 cm³/mol. The van der Waals surface area contributed by atoms with Crippen LogP contribution < -0.4 is 11.1 Å². The Morgan fingerprint density at radius 1 is 0.804 bits per heavy atom. The molecule has 0 bridgehead atoms. The molecule has 0 radical (unpaired) electrons. The van der Waals surface area contributed by atoms with Crippen molar-refractivity contribution >= 4 is 22.5 Å². The first-order chi connectivity index (χ1) is 24.6. The molecule has 5 rings (SSSR count). The zero-order valence-corrected chi connectivity index (χ0v) is 31.7. The van der Waals surface area contributed by atoms with Crippen molar-refractivity contribution in [2.75, 3.05) is 11.1 Å². The van der Waals surface area contributed by atoms with Gasteiger partial charge >= 0.3 is 0 Å². The monoisotopic (exact) mass is 672 g/mol. The molecule has 262 valence electrons. The van der Waals surface area contributed by atoms with Crippen LogP contribution in [0.4, 0.5) is 11.4 Å². The number of benzene rings is 4. The lowest BCUT2D eigenvalue weighted by Crippen LogP contribution is -2.14. The zero-order chi connectivity index (χ0) is 37.2. The van der Waals surface area contributed by atoms with Gasteiger partial charge < -0.3 is 11.1 Å². The molecule has 1 aliphatic rings. The summed E-state index contributed by atoms with van der Waals surface area (Å²) in [5.74, 6) is 0. The minimum Gasteiger partial charge on any atom is -0.399 e. The molecule has 0 saturated heterocycles. The van der Waals surface area contributed by atoms with Gasteiger partial charge in [-0.3, -0.25) is 0 Å². The molecule has 0 fully saturated rings. The fourth-order valence-electron chi connectivity index (χ4n) is 5.90. The van der Waals surface area contributed by atoms with Crippen LogP contribution in [-0.2, 0) is 11.8 Å². The summed E-state index contributed by atoms with van der Waals surface area (Å²) < 4.78 is 0. The normalized spacial score (nSPS) is 14.6. The molecule has 0 amide bonds. The summed E-state index contributed by atoms with van der Waals surface area (Å²) >= 11 is 0. The lowest BCUT2D eigenvalue weighted by molar-refractivity contribution is 0.661. The molecule has 2 nitrogen and oxygen atoms in total. The maximum absolute atomic E-state index is 5.36. The lowest BCUT2D eigenvalue weighted by Gasteiger charge is -2.21. The highest BCUT2D eigenvalue weighted by Crippen LogP contribution is 2.48. The van der Waals surface area contributed by atoms with Crippen LogP contribution in [0.25, 0.3) is 11.1 Å².